The fourth-order valence-electron chi connectivity index (χ4n) is 3.51. The number of aromatic nitrogens is 2. The minimum atomic E-state index is 0.196. The highest BCUT2D eigenvalue weighted by Gasteiger charge is 2.20. The van der Waals surface area contributed by atoms with Gasteiger partial charge in [-0.25, -0.2) is 0 Å². The van der Waals surface area contributed by atoms with Crippen molar-refractivity contribution < 1.29 is 5.11 Å². The number of hydrogen-bond acceptors (Lipinski definition) is 7. The third-order valence-corrected chi connectivity index (χ3v) is 5.12. The van der Waals surface area contributed by atoms with E-state index in [-0.39, 0.29) is 5.75 Å². The molecule has 0 spiro atoms. The number of rotatable bonds is 8. The molecule has 7 nitrogen and oxygen atoms in total. The van der Waals surface area contributed by atoms with E-state index in [1.54, 1.807) is 12.1 Å². The molecule has 0 aliphatic carbocycles. The maximum absolute atomic E-state index is 10.1. The van der Waals surface area contributed by atoms with Gasteiger partial charge in [-0.1, -0.05) is 25.0 Å². The highest BCUT2D eigenvalue weighted by molar-refractivity contribution is 5.74. The summed E-state index contributed by atoms with van der Waals surface area (Å²) >= 11 is 0. The molecule has 1 aromatic carbocycles. The van der Waals surface area contributed by atoms with E-state index in [1.807, 2.05) is 18.2 Å². The summed E-state index contributed by atoms with van der Waals surface area (Å²) < 4.78 is 0. The summed E-state index contributed by atoms with van der Waals surface area (Å²) in [5.74, 6) is 0.631. The van der Waals surface area contributed by atoms with Gasteiger partial charge in [0.1, 0.15) is 5.75 Å². The van der Waals surface area contributed by atoms with Gasteiger partial charge in [0, 0.05) is 31.7 Å². The lowest BCUT2D eigenvalue weighted by Crippen LogP contribution is -2.46. The van der Waals surface area contributed by atoms with E-state index in [0.717, 1.165) is 51.4 Å². The molecular weight excluding hydrogens is 340 g/mol. The zero-order valence-corrected chi connectivity index (χ0v) is 15.8. The third-order valence-electron chi connectivity index (χ3n) is 5.12. The molecule has 7 heteroatoms. The van der Waals surface area contributed by atoms with Gasteiger partial charge in [0.05, 0.1) is 11.4 Å². The number of hydrogen-bond donors (Lipinski definition) is 3. The first-order valence-corrected chi connectivity index (χ1v) is 9.78. The Morgan fingerprint density at radius 1 is 0.963 bits per heavy atom. The lowest BCUT2D eigenvalue weighted by Gasteiger charge is -2.36. The maximum atomic E-state index is 10.1. The molecule has 146 valence electrons. The number of benzene rings is 1. The Morgan fingerprint density at radius 2 is 1.70 bits per heavy atom. The first-order chi connectivity index (χ1) is 13.2. The average molecular weight is 371 g/mol. The van der Waals surface area contributed by atoms with Crippen molar-refractivity contribution in [2.75, 3.05) is 49.9 Å². The Labute approximate surface area is 161 Å². The molecule has 1 aromatic heterocycles. The topological polar surface area (TPSA) is 105 Å². The van der Waals surface area contributed by atoms with Crippen LogP contribution in [0.5, 0.6) is 5.75 Å². The molecule has 5 N–H and O–H groups in total. The van der Waals surface area contributed by atoms with Crippen molar-refractivity contribution in [3.05, 3.63) is 30.3 Å². The van der Waals surface area contributed by atoms with Crippen molar-refractivity contribution in [1.82, 2.24) is 15.1 Å². The zero-order valence-electron chi connectivity index (χ0n) is 15.8. The highest BCUT2D eigenvalue weighted by Crippen LogP contribution is 2.31. The number of nitrogen functional groups attached to an aromatic ring is 1. The number of unbranched alkanes of at least 4 members (excludes halogenated alkanes) is 3. The average Bonchev–Trinajstić information content (AvgIpc) is 2.69. The largest absolute Gasteiger partial charge is 0.507 e. The second-order valence-corrected chi connectivity index (χ2v) is 7.05. The molecule has 27 heavy (non-hydrogen) atoms. The number of nitrogens with two attached hydrogens (primary N) is 2. The second kappa shape index (κ2) is 9.53. The molecule has 1 aliphatic rings. The predicted octanol–water partition coefficient (Wildman–Crippen LogP) is 2.07. The maximum Gasteiger partial charge on any atom is 0.169 e. The van der Waals surface area contributed by atoms with Crippen LogP contribution in [0.4, 0.5) is 11.5 Å². The lowest BCUT2D eigenvalue weighted by molar-refractivity contribution is 0.252. The van der Waals surface area contributed by atoms with Crippen molar-refractivity contribution >= 4 is 11.5 Å². The van der Waals surface area contributed by atoms with Gasteiger partial charge in [0.25, 0.3) is 0 Å². The minimum absolute atomic E-state index is 0.196. The van der Waals surface area contributed by atoms with Crippen LogP contribution < -0.4 is 16.4 Å². The van der Waals surface area contributed by atoms with E-state index in [2.05, 4.69) is 20.0 Å². The van der Waals surface area contributed by atoms with Crippen molar-refractivity contribution in [3.63, 3.8) is 0 Å². The standard InChI is InChI=1S/C20H30N6O/c21-9-5-1-2-6-10-25-11-13-26(14-12-25)18-15-17(23-24-20(18)22)16-7-3-4-8-19(16)27/h3-4,7-8,15,27H,1-2,5-6,9-14,21H2,(H2,22,24). The summed E-state index contributed by atoms with van der Waals surface area (Å²) in [4.78, 5) is 4.77. The number of piperazine rings is 1. The molecule has 2 aromatic rings. The van der Waals surface area contributed by atoms with E-state index in [0.29, 0.717) is 17.1 Å². The van der Waals surface area contributed by atoms with Gasteiger partial charge >= 0.3 is 0 Å². The number of phenols is 1. The van der Waals surface area contributed by atoms with Crippen molar-refractivity contribution in [3.8, 4) is 17.0 Å². The molecule has 0 bridgehead atoms. The first kappa shape index (κ1) is 19.4. The summed E-state index contributed by atoms with van der Waals surface area (Å²) in [6.45, 7) is 5.81. The Balaban J connectivity index is 1.59. The lowest BCUT2D eigenvalue weighted by atomic mass is 10.1. The molecule has 0 saturated carbocycles. The van der Waals surface area contributed by atoms with E-state index >= 15 is 0 Å². The van der Waals surface area contributed by atoms with Gasteiger partial charge in [0.15, 0.2) is 5.82 Å². The second-order valence-electron chi connectivity index (χ2n) is 7.05. The summed E-state index contributed by atoms with van der Waals surface area (Å²) in [5, 5.41) is 18.4. The predicted molar refractivity (Wildman–Crippen MR) is 110 cm³/mol. The molecule has 0 amide bonds. The third kappa shape index (κ3) is 5.08. The Morgan fingerprint density at radius 3 is 2.44 bits per heavy atom. The van der Waals surface area contributed by atoms with Crippen LogP contribution >= 0.6 is 0 Å². The Bertz CT molecular complexity index is 730. The van der Waals surface area contributed by atoms with Crippen molar-refractivity contribution in [2.45, 2.75) is 25.7 Å². The van der Waals surface area contributed by atoms with E-state index in [9.17, 15) is 5.11 Å². The van der Waals surface area contributed by atoms with Crippen LogP contribution in [-0.2, 0) is 0 Å². The van der Waals surface area contributed by atoms with Crippen LogP contribution in [-0.4, -0.2) is 59.5 Å². The van der Waals surface area contributed by atoms with E-state index in [1.165, 1.54) is 19.3 Å². The SMILES string of the molecule is NCCCCCCN1CCN(c2cc(-c3ccccc3O)nnc2N)CC1. The number of anilines is 2. The smallest absolute Gasteiger partial charge is 0.169 e. The number of nitrogens with zero attached hydrogens (tertiary/aromatic N) is 4. The summed E-state index contributed by atoms with van der Waals surface area (Å²) in [6.07, 6.45) is 4.84. The highest BCUT2D eigenvalue weighted by atomic mass is 16.3. The van der Waals surface area contributed by atoms with E-state index in [4.69, 9.17) is 11.5 Å². The van der Waals surface area contributed by atoms with Gasteiger partial charge in [0.2, 0.25) is 0 Å². The normalized spacial score (nSPS) is 15.2. The van der Waals surface area contributed by atoms with Gasteiger partial charge in [-0.05, 0) is 44.1 Å². The molecule has 3 rings (SSSR count). The minimum Gasteiger partial charge on any atom is -0.507 e. The molecule has 1 aliphatic heterocycles. The monoisotopic (exact) mass is 370 g/mol. The molecule has 0 radical (unpaired) electrons. The summed E-state index contributed by atoms with van der Waals surface area (Å²) in [6, 6.07) is 9.08. The fourth-order valence-corrected chi connectivity index (χ4v) is 3.51. The van der Waals surface area contributed by atoms with E-state index < -0.39 is 0 Å². The molecule has 0 unspecified atom stereocenters. The summed E-state index contributed by atoms with van der Waals surface area (Å²) in [7, 11) is 0. The molecule has 2 heterocycles. The quantitative estimate of drug-likeness (QED) is 0.611. The van der Waals surface area contributed by atoms with Crippen LogP contribution in [0.15, 0.2) is 30.3 Å². The Kier molecular flexibility index (Phi) is 6.84. The summed E-state index contributed by atoms with van der Waals surface area (Å²) in [5.41, 5.74) is 13.8. The van der Waals surface area contributed by atoms with Crippen LogP contribution in [0.25, 0.3) is 11.3 Å². The van der Waals surface area contributed by atoms with Gasteiger partial charge < -0.3 is 21.5 Å². The van der Waals surface area contributed by atoms with Crippen molar-refractivity contribution in [2.24, 2.45) is 5.73 Å². The van der Waals surface area contributed by atoms with Crippen LogP contribution in [0.3, 0.4) is 0 Å². The molecule has 1 fully saturated rings. The van der Waals surface area contributed by atoms with Crippen molar-refractivity contribution in [1.29, 1.82) is 0 Å². The van der Waals surface area contributed by atoms with Gasteiger partial charge in [-0.2, -0.15) is 0 Å². The molecule has 0 atom stereocenters. The van der Waals surface area contributed by atoms with Gasteiger partial charge in [-0.15, -0.1) is 10.2 Å². The number of para-hydroxylation sites is 1. The first-order valence-electron chi connectivity index (χ1n) is 9.78. The molecule has 1 saturated heterocycles. The number of phenolic OH excluding ortho intramolecular Hbond substituents is 1. The molecular formula is C20H30N6O. The Hall–Kier alpha value is -2.38. The fraction of sp³-hybridized carbons (Fsp3) is 0.500. The van der Waals surface area contributed by atoms with Crippen LogP contribution in [0, 0.1) is 0 Å². The zero-order chi connectivity index (χ0) is 19.1. The van der Waals surface area contributed by atoms with Gasteiger partial charge in [-0.3, -0.25) is 4.90 Å². The van der Waals surface area contributed by atoms with Crippen LogP contribution in [0.1, 0.15) is 25.7 Å². The number of aromatic hydroxyl groups is 1. The van der Waals surface area contributed by atoms with Crippen LogP contribution in [0.2, 0.25) is 0 Å².